The van der Waals surface area contributed by atoms with E-state index in [1.807, 2.05) is 0 Å². The highest BCUT2D eigenvalue weighted by Crippen LogP contribution is 2.41. The van der Waals surface area contributed by atoms with Crippen LogP contribution in [0.25, 0.3) is 5.76 Å². The molecule has 1 aromatic carbocycles. The Morgan fingerprint density at radius 1 is 0.970 bits per heavy atom. The third-order valence-corrected chi connectivity index (χ3v) is 5.09. The highest BCUT2D eigenvalue weighted by atomic mass is 16.5. The number of Topliss-reactive ketones (excluding diaryl/α,β-unsaturated/α-hetero) is 1. The smallest absolute Gasteiger partial charge is 0.338 e. The second-order valence-corrected chi connectivity index (χ2v) is 7.66. The first-order valence-electron chi connectivity index (χ1n) is 10.3. The molecule has 8 heteroatoms. The molecule has 0 bridgehead atoms. The summed E-state index contributed by atoms with van der Waals surface area (Å²) >= 11 is 0. The molecule has 1 aliphatic rings. The Morgan fingerprint density at radius 2 is 1.67 bits per heavy atom. The van der Waals surface area contributed by atoms with Gasteiger partial charge < -0.3 is 9.84 Å². The Labute approximate surface area is 190 Å². The summed E-state index contributed by atoms with van der Waals surface area (Å²) in [5.41, 5.74) is 1.39. The van der Waals surface area contributed by atoms with Gasteiger partial charge in [-0.25, -0.2) is 4.79 Å². The van der Waals surface area contributed by atoms with Crippen molar-refractivity contribution in [3.05, 3.63) is 95.6 Å². The van der Waals surface area contributed by atoms with E-state index in [1.54, 1.807) is 62.5 Å². The highest BCUT2D eigenvalue weighted by molar-refractivity contribution is 6.51. The van der Waals surface area contributed by atoms with Crippen molar-refractivity contribution in [1.82, 2.24) is 9.97 Å². The second kappa shape index (κ2) is 9.04. The zero-order valence-electron chi connectivity index (χ0n) is 18.0. The molecule has 1 atom stereocenters. The van der Waals surface area contributed by atoms with Gasteiger partial charge in [0.05, 0.1) is 22.9 Å². The van der Waals surface area contributed by atoms with Crippen molar-refractivity contribution >= 4 is 29.1 Å². The van der Waals surface area contributed by atoms with Gasteiger partial charge in [0.25, 0.3) is 11.7 Å². The number of ketones is 1. The number of esters is 1. The van der Waals surface area contributed by atoms with Crippen LogP contribution in [0.3, 0.4) is 0 Å². The lowest BCUT2D eigenvalue weighted by Crippen LogP contribution is -2.29. The van der Waals surface area contributed by atoms with Crippen LogP contribution in [-0.4, -0.2) is 38.8 Å². The monoisotopic (exact) mass is 443 g/mol. The average Bonchev–Trinajstić information content (AvgIpc) is 3.10. The predicted molar refractivity (Wildman–Crippen MR) is 120 cm³/mol. The number of aromatic nitrogens is 2. The van der Waals surface area contributed by atoms with E-state index in [1.165, 1.54) is 29.4 Å². The lowest BCUT2D eigenvalue weighted by atomic mass is 9.98. The molecule has 0 spiro atoms. The van der Waals surface area contributed by atoms with Crippen molar-refractivity contribution < 1.29 is 24.2 Å². The summed E-state index contributed by atoms with van der Waals surface area (Å²) in [6.45, 7) is 3.50. The van der Waals surface area contributed by atoms with Crippen LogP contribution in [0.5, 0.6) is 0 Å². The number of amides is 1. The third-order valence-electron chi connectivity index (χ3n) is 5.09. The van der Waals surface area contributed by atoms with Crippen LogP contribution < -0.4 is 4.90 Å². The van der Waals surface area contributed by atoms with Gasteiger partial charge in [0.15, 0.2) is 0 Å². The van der Waals surface area contributed by atoms with Gasteiger partial charge in [-0.15, -0.1) is 0 Å². The van der Waals surface area contributed by atoms with E-state index >= 15 is 0 Å². The molecule has 33 heavy (non-hydrogen) atoms. The number of pyridine rings is 2. The molecule has 3 heterocycles. The van der Waals surface area contributed by atoms with Crippen molar-refractivity contribution in [3.8, 4) is 0 Å². The van der Waals surface area contributed by atoms with Crippen LogP contribution in [0.4, 0.5) is 5.69 Å². The maximum atomic E-state index is 13.1. The molecule has 166 valence electrons. The Hall–Kier alpha value is -4.33. The zero-order valence-corrected chi connectivity index (χ0v) is 18.0. The molecule has 8 nitrogen and oxygen atoms in total. The van der Waals surface area contributed by atoms with Gasteiger partial charge in [-0.2, -0.15) is 0 Å². The molecule has 1 unspecified atom stereocenters. The highest BCUT2D eigenvalue weighted by Gasteiger charge is 2.47. The fourth-order valence-corrected chi connectivity index (χ4v) is 3.62. The quantitative estimate of drug-likeness (QED) is 0.277. The van der Waals surface area contributed by atoms with Crippen LogP contribution >= 0.6 is 0 Å². The number of nitrogens with zero attached hydrogens (tertiary/aromatic N) is 3. The van der Waals surface area contributed by atoms with Crippen LogP contribution in [0.2, 0.25) is 0 Å². The lowest BCUT2D eigenvalue weighted by molar-refractivity contribution is -0.132. The Bertz CT molecular complexity index is 1220. The maximum absolute atomic E-state index is 13.1. The number of carbonyl (C=O) groups is 3. The number of hydrogen-bond acceptors (Lipinski definition) is 7. The zero-order chi connectivity index (χ0) is 23.5. The van der Waals surface area contributed by atoms with Gasteiger partial charge in [0.1, 0.15) is 11.8 Å². The number of hydrogen-bond donors (Lipinski definition) is 1. The van der Waals surface area contributed by atoms with Crippen LogP contribution in [-0.2, 0) is 14.3 Å². The maximum Gasteiger partial charge on any atom is 0.338 e. The predicted octanol–water partition coefficient (Wildman–Crippen LogP) is 3.67. The first kappa shape index (κ1) is 21.9. The molecule has 1 fully saturated rings. The summed E-state index contributed by atoms with van der Waals surface area (Å²) in [4.78, 5) is 47.9. The number of aliphatic hydroxyl groups excluding tert-OH is 1. The van der Waals surface area contributed by atoms with E-state index < -0.39 is 23.7 Å². The third kappa shape index (κ3) is 4.23. The summed E-state index contributed by atoms with van der Waals surface area (Å²) in [7, 11) is 0. The van der Waals surface area contributed by atoms with E-state index in [9.17, 15) is 19.5 Å². The summed E-state index contributed by atoms with van der Waals surface area (Å²) < 4.78 is 5.20. The number of benzene rings is 1. The SMILES string of the molecule is CC(C)OC(=O)c1ccc(N2C(=O)C(=O)/C(=C(/O)c3ccncc3)C2c2ccccn2)cc1. The van der Waals surface area contributed by atoms with Gasteiger partial charge >= 0.3 is 5.97 Å². The normalized spacial score (nSPS) is 17.4. The first-order chi connectivity index (χ1) is 15.9. The molecule has 1 N–H and O–H groups in total. The van der Waals surface area contributed by atoms with Crippen molar-refractivity contribution in [3.63, 3.8) is 0 Å². The summed E-state index contributed by atoms with van der Waals surface area (Å²) in [6.07, 6.45) is 4.24. The second-order valence-electron chi connectivity index (χ2n) is 7.66. The van der Waals surface area contributed by atoms with E-state index in [0.717, 1.165) is 0 Å². The van der Waals surface area contributed by atoms with Gasteiger partial charge in [0.2, 0.25) is 0 Å². The average molecular weight is 443 g/mol. The van der Waals surface area contributed by atoms with Gasteiger partial charge in [-0.05, 0) is 62.4 Å². The fraction of sp³-hybridized carbons (Fsp3) is 0.160. The van der Waals surface area contributed by atoms with Gasteiger partial charge in [-0.1, -0.05) is 6.07 Å². The molecular formula is C25H21N3O5. The van der Waals surface area contributed by atoms with Gasteiger partial charge in [0, 0.05) is 29.8 Å². The Morgan fingerprint density at radius 3 is 2.27 bits per heavy atom. The number of ether oxygens (including phenoxy) is 1. The van der Waals surface area contributed by atoms with E-state index in [-0.39, 0.29) is 17.4 Å². The Balaban J connectivity index is 1.81. The van der Waals surface area contributed by atoms with E-state index in [4.69, 9.17) is 4.74 Å². The molecule has 0 radical (unpaired) electrons. The summed E-state index contributed by atoms with van der Waals surface area (Å²) in [5.74, 6) is -2.44. The molecule has 2 aromatic heterocycles. The minimum Gasteiger partial charge on any atom is -0.507 e. The van der Waals surface area contributed by atoms with Crippen molar-refractivity contribution in [2.45, 2.75) is 26.0 Å². The van der Waals surface area contributed by atoms with E-state index in [0.29, 0.717) is 22.5 Å². The number of anilines is 1. The minimum absolute atomic E-state index is 0.0757. The number of rotatable bonds is 5. The van der Waals surface area contributed by atoms with Crippen LogP contribution in [0, 0.1) is 0 Å². The van der Waals surface area contributed by atoms with Crippen LogP contribution in [0.1, 0.15) is 41.5 Å². The molecule has 0 aliphatic carbocycles. The standard InChI is InChI=1S/C25H21N3O5/c1-15(2)33-25(32)17-6-8-18(9-7-17)28-21(19-5-3-4-12-27-19)20(23(30)24(28)31)22(29)16-10-13-26-14-11-16/h3-15,21,29H,1-2H3/b22-20+. The number of carbonyl (C=O) groups excluding carboxylic acids is 3. The lowest BCUT2D eigenvalue weighted by Gasteiger charge is -2.24. The summed E-state index contributed by atoms with van der Waals surface area (Å²) in [6, 6.07) is 13.4. The van der Waals surface area contributed by atoms with E-state index in [2.05, 4.69) is 9.97 Å². The van der Waals surface area contributed by atoms with Crippen molar-refractivity contribution in [2.24, 2.45) is 0 Å². The van der Waals surface area contributed by atoms with Crippen LogP contribution in [0.15, 0.2) is 78.8 Å². The van der Waals surface area contributed by atoms with Crippen molar-refractivity contribution in [1.29, 1.82) is 0 Å². The summed E-state index contributed by atoms with van der Waals surface area (Å²) in [5, 5.41) is 11.0. The Kier molecular flexibility index (Phi) is 5.99. The minimum atomic E-state index is -0.951. The molecule has 1 saturated heterocycles. The molecular weight excluding hydrogens is 422 g/mol. The van der Waals surface area contributed by atoms with Gasteiger partial charge in [-0.3, -0.25) is 24.5 Å². The van der Waals surface area contributed by atoms with Crippen molar-refractivity contribution in [2.75, 3.05) is 4.90 Å². The topological polar surface area (TPSA) is 110 Å². The molecule has 1 amide bonds. The molecule has 3 aromatic rings. The molecule has 1 aliphatic heterocycles. The largest absolute Gasteiger partial charge is 0.507 e. The molecule has 0 saturated carbocycles. The molecule has 4 rings (SSSR count). The number of aliphatic hydroxyl groups is 1. The first-order valence-corrected chi connectivity index (χ1v) is 10.3. The fourth-order valence-electron chi connectivity index (χ4n) is 3.62.